The summed E-state index contributed by atoms with van der Waals surface area (Å²) in [6.07, 6.45) is -0.365. The summed E-state index contributed by atoms with van der Waals surface area (Å²) in [6, 6.07) is 6.40. The van der Waals surface area contributed by atoms with Crippen LogP contribution in [-0.4, -0.2) is 22.8 Å². The molecule has 8 heteroatoms. The van der Waals surface area contributed by atoms with Crippen molar-refractivity contribution < 1.29 is 19.4 Å². The second-order valence-corrected chi connectivity index (χ2v) is 6.12. The van der Waals surface area contributed by atoms with Crippen molar-refractivity contribution in [3.05, 3.63) is 40.6 Å². The molecule has 0 saturated heterocycles. The Balaban J connectivity index is 1.79. The molecule has 0 bridgehead atoms. The maximum absolute atomic E-state index is 11.9. The van der Waals surface area contributed by atoms with Gasteiger partial charge in [0.1, 0.15) is 11.5 Å². The molecule has 1 aliphatic rings. The van der Waals surface area contributed by atoms with Gasteiger partial charge in [0, 0.05) is 23.3 Å². The number of hydrogen-bond donors (Lipinski definition) is 3. The molecule has 2 heterocycles. The SMILES string of the molecule is CC1CC(=O)NN=C1c1ccc(O)c(NC(=O)Oc2ccsc2)c1. The first-order chi connectivity index (χ1) is 11.5. The highest BCUT2D eigenvalue weighted by molar-refractivity contribution is 7.08. The predicted molar refractivity (Wildman–Crippen MR) is 90.5 cm³/mol. The molecule has 0 aliphatic carbocycles. The zero-order valence-electron chi connectivity index (χ0n) is 12.8. The number of ether oxygens (including phenoxy) is 1. The minimum absolute atomic E-state index is 0.0612. The highest BCUT2D eigenvalue weighted by atomic mass is 32.1. The normalized spacial score (nSPS) is 17.0. The van der Waals surface area contributed by atoms with E-state index in [0.29, 0.717) is 23.4 Å². The maximum atomic E-state index is 11.9. The molecule has 0 radical (unpaired) electrons. The van der Waals surface area contributed by atoms with E-state index in [1.165, 1.54) is 17.4 Å². The smallest absolute Gasteiger partial charge is 0.417 e. The van der Waals surface area contributed by atoms with Gasteiger partial charge in [0.05, 0.1) is 11.4 Å². The van der Waals surface area contributed by atoms with Crippen LogP contribution in [0.3, 0.4) is 0 Å². The van der Waals surface area contributed by atoms with Gasteiger partial charge >= 0.3 is 6.09 Å². The Labute approximate surface area is 142 Å². The lowest BCUT2D eigenvalue weighted by Gasteiger charge is -2.19. The van der Waals surface area contributed by atoms with Crippen molar-refractivity contribution in [1.82, 2.24) is 5.43 Å². The summed E-state index contributed by atoms with van der Waals surface area (Å²) in [4.78, 5) is 23.2. The lowest BCUT2D eigenvalue weighted by atomic mass is 9.94. The third-order valence-electron chi connectivity index (χ3n) is 3.49. The van der Waals surface area contributed by atoms with E-state index in [1.54, 1.807) is 29.0 Å². The van der Waals surface area contributed by atoms with Crippen molar-refractivity contribution in [2.45, 2.75) is 13.3 Å². The van der Waals surface area contributed by atoms with E-state index >= 15 is 0 Å². The average Bonchev–Trinajstić information content (AvgIpc) is 3.02. The Kier molecular flexibility index (Phi) is 4.48. The van der Waals surface area contributed by atoms with Gasteiger partial charge in [0.15, 0.2) is 0 Å². The molecule has 0 saturated carbocycles. The van der Waals surface area contributed by atoms with E-state index in [4.69, 9.17) is 4.74 Å². The predicted octanol–water partition coefficient (Wildman–Crippen LogP) is 2.92. The van der Waals surface area contributed by atoms with Gasteiger partial charge in [0.2, 0.25) is 5.91 Å². The van der Waals surface area contributed by atoms with Gasteiger partial charge in [-0.2, -0.15) is 5.10 Å². The number of nitrogens with one attached hydrogen (secondary N) is 2. The number of rotatable bonds is 3. The zero-order valence-corrected chi connectivity index (χ0v) is 13.6. The molecule has 0 fully saturated rings. The minimum atomic E-state index is -0.701. The summed E-state index contributed by atoms with van der Waals surface area (Å²) >= 11 is 1.41. The van der Waals surface area contributed by atoms with Gasteiger partial charge in [-0.3, -0.25) is 10.1 Å². The first-order valence-corrected chi connectivity index (χ1v) is 8.18. The van der Waals surface area contributed by atoms with Crippen LogP contribution >= 0.6 is 11.3 Å². The number of thiophene rings is 1. The van der Waals surface area contributed by atoms with E-state index in [9.17, 15) is 14.7 Å². The molecular formula is C16H15N3O4S. The molecule has 24 heavy (non-hydrogen) atoms. The fourth-order valence-corrected chi connectivity index (χ4v) is 2.90. The van der Waals surface area contributed by atoms with Crippen molar-refractivity contribution in [1.29, 1.82) is 0 Å². The molecule has 3 rings (SSSR count). The number of nitrogens with zero attached hydrogens (tertiary/aromatic N) is 1. The number of anilines is 1. The summed E-state index contributed by atoms with van der Waals surface area (Å²) < 4.78 is 5.10. The maximum Gasteiger partial charge on any atom is 0.417 e. The van der Waals surface area contributed by atoms with Crippen molar-refractivity contribution >= 4 is 34.7 Å². The van der Waals surface area contributed by atoms with E-state index < -0.39 is 6.09 Å². The van der Waals surface area contributed by atoms with Crippen LogP contribution in [0.1, 0.15) is 18.9 Å². The fourth-order valence-electron chi connectivity index (χ4n) is 2.35. The van der Waals surface area contributed by atoms with Crippen molar-refractivity contribution in [2.75, 3.05) is 5.32 Å². The van der Waals surface area contributed by atoms with Crippen LogP contribution in [0.5, 0.6) is 11.5 Å². The van der Waals surface area contributed by atoms with Crippen LogP contribution in [0.4, 0.5) is 10.5 Å². The second-order valence-electron chi connectivity index (χ2n) is 5.34. The topological polar surface area (TPSA) is 100 Å². The van der Waals surface area contributed by atoms with Crippen LogP contribution < -0.4 is 15.5 Å². The Morgan fingerprint density at radius 3 is 3.00 bits per heavy atom. The molecule has 1 aliphatic heterocycles. The quantitative estimate of drug-likeness (QED) is 0.745. The molecule has 7 nitrogen and oxygen atoms in total. The van der Waals surface area contributed by atoms with Gasteiger partial charge in [-0.15, -0.1) is 11.3 Å². The number of aromatic hydroxyl groups is 1. The lowest BCUT2D eigenvalue weighted by molar-refractivity contribution is -0.121. The summed E-state index contributed by atoms with van der Waals surface area (Å²) in [6.45, 7) is 1.89. The van der Waals surface area contributed by atoms with Crippen LogP contribution in [-0.2, 0) is 4.79 Å². The Morgan fingerprint density at radius 2 is 2.29 bits per heavy atom. The van der Waals surface area contributed by atoms with E-state index in [1.807, 2.05) is 6.92 Å². The number of carbonyl (C=O) groups is 2. The first-order valence-electron chi connectivity index (χ1n) is 7.24. The number of phenolic OH excluding ortho intramolecular Hbond substituents is 1. The summed E-state index contributed by atoms with van der Waals surface area (Å²) in [5.74, 6) is 0.145. The molecule has 1 atom stereocenters. The molecule has 3 N–H and O–H groups in total. The van der Waals surface area contributed by atoms with Crippen LogP contribution in [0.25, 0.3) is 0 Å². The molecule has 1 aromatic heterocycles. The third kappa shape index (κ3) is 3.54. The monoisotopic (exact) mass is 345 g/mol. The van der Waals surface area contributed by atoms with Gasteiger partial charge in [0.25, 0.3) is 0 Å². The van der Waals surface area contributed by atoms with Crippen molar-refractivity contribution in [3.63, 3.8) is 0 Å². The van der Waals surface area contributed by atoms with Crippen LogP contribution in [0.2, 0.25) is 0 Å². The number of phenols is 1. The standard InChI is InChI=1S/C16H15N3O4S/c1-9-6-14(21)18-19-15(9)10-2-3-13(20)12(7-10)17-16(22)23-11-4-5-24-8-11/h2-5,7-9,20H,6H2,1H3,(H,17,22)(H,18,21). The Hall–Kier alpha value is -2.87. The van der Waals surface area contributed by atoms with Gasteiger partial charge in [-0.05, 0) is 29.6 Å². The Morgan fingerprint density at radius 1 is 1.46 bits per heavy atom. The molecule has 1 aromatic carbocycles. The molecule has 2 amide bonds. The van der Waals surface area contributed by atoms with E-state index in [2.05, 4.69) is 15.8 Å². The fraction of sp³-hybridized carbons (Fsp3) is 0.188. The summed E-state index contributed by atoms with van der Waals surface area (Å²) in [5.41, 5.74) is 4.03. The highest BCUT2D eigenvalue weighted by Crippen LogP contribution is 2.27. The van der Waals surface area contributed by atoms with Gasteiger partial charge < -0.3 is 9.84 Å². The third-order valence-corrected chi connectivity index (χ3v) is 4.16. The zero-order chi connectivity index (χ0) is 17.1. The molecule has 1 unspecified atom stereocenters. The molecule has 0 spiro atoms. The molecular weight excluding hydrogens is 330 g/mol. The number of hydrogen-bond acceptors (Lipinski definition) is 6. The second kappa shape index (κ2) is 6.71. The molecule has 124 valence electrons. The van der Waals surface area contributed by atoms with Crippen molar-refractivity contribution in [3.8, 4) is 11.5 Å². The largest absolute Gasteiger partial charge is 0.506 e. The average molecular weight is 345 g/mol. The van der Waals surface area contributed by atoms with Crippen LogP contribution in [0.15, 0.2) is 40.1 Å². The van der Waals surface area contributed by atoms with Crippen LogP contribution in [0, 0.1) is 5.92 Å². The summed E-state index contributed by atoms with van der Waals surface area (Å²) in [7, 11) is 0. The number of benzene rings is 1. The number of hydrazone groups is 1. The van der Waals surface area contributed by atoms with Crippen molar-refractivity contribution in [2.24, 2.45) is 11.0 Å². The number of carbonyl (C=O) groups excluding carboxylic acids is 2. The van der Waals surface area contributed by atoms with Gasteiger partial charge in [-0.1, -0.05) is 6.92 Å². The highest BCUT2D eigenvalue weighted by Gasteiger charge is 2.22. The minimum Gasteiger partial charge on any atom is -0.506 e. The van der Waals surface area contributed by atoms with E-state index in [-0.39, 0.29) is 23.3 Å². The lowest BCUT2D eigenvalue weighted by Crippen LogP contribution is -2.32. The van der Waals surface area contributed by atoms with E-state index in [0.717, 1.165) is 0 Å². The Bertz CT molecular complexity index is 802. The summed E-state index contributed by atoms with van der Waals surface area (Å²) in [5, 5.41) is 20.0. The van der Waals surface area contributed by atoms with Gasteiger partial charge in [-0.25, -0.2) is 10.2 Å². The first kappa shape index (κ1) is 16.0. The molecule has 2 aromatic rings. The number of amides is 2.